The molecule has 0 unspecified atom stereocenters. The van der Waals surface area contributed by atoms with Gasteiger partial charge < -0.3 is 0 Å². The molecular weight excluding hydrogens is 159 g/mol. The van der Waals surface area contributed by atoms with Crippen molar-refractivity contribution in [1.82, 2.24) is 0 Å². The van der Waals surface area contributed by atoms with Crippen LogP contribution in [0.4, 0.5) is 4.39 Å². The van der Waals surface area contributed by atoms with Gasteiger partial charge in [-0.2, -0.15) is 0 Å². The molecule has 1 rings (SSSR count). The topological polar surface area (TPSA) is 0 Å². The zero-order chi connectivity index (χ0) is 5.28. The molecule has 1 aliphatic rings. The van der Waals surface area contributed by atoms with Gasteiger partial charge in [0.05, 0.1) is 6.67 Å². The van der Waals surface area contributed by atoms with Crippen LogP contribution in [0.25, 0.3) is 0 Å². The average molecular weight is 167 g/mol. The number of halogens is 2. The first kappa shape index (κ1) is 5.54. The largest absolute Gasteiger partial charge is 0.251 e. The Morgan fingerprint density at radius 2 is 2.14 bits per heavy atom. The van der Waals surface area contributed by atoms with E-state index < -0.39 is 0 Å². The van der Waals surface area contributed by atoms with Gasteiger partial charge in [-0.3, -0.25) is 4.39 Å². The third-order valence-corrected chi connectivity index (χ3v) is 2.14. The molecule has 0 aromatic heterocycles. The predicted molar refractivity (Wildman–Crippen MR) is 31.4 cm³/mol. The lowest BCUT2D eigenvalue weighted by Crippen LogP contribution is -2.24. The van der Waals surface area contributed by atoms with Gasteiger partial charge in [-0.15, -0.1) is 0 Å². The lowest BCUT2D eigenvalue weighted by atomic mass is 9.87. The van der Waals surface area contributed by atoms with Crippen LogP contribution in [0.5, 0.6) is 0 Å². The molecule has 1 saturated carbocycles. The summed E-state index contributed by atoms with van der Waals surface area (Å²) in [6, 6.07) is 0. The summed E-state index contributed by atoms with van der Waals surface area (Å²) >= 11 is 3.37. The molecule has 0 aliphatic heterocycles. The van der Waals surface area contributed by atoms with Crippen LogP contribution in [-0.2, 0) is 0 Å². The number of hydrogen-bond acceptors (Lipinski definition) is 0. The highest BCUT2D eigenvalue weighted by Gasteiger charge is 2.25. The maximum Gasteiger partial charge on any atom is 0.0923 e. The second-order valence-corrected chi connectivity index (χ2v) is 3.38. The van der Waals surface area contributed by atoms with Gasteiger partial charge in [0.1, 0.15) is 0 Å². The Balaban J connectivity index is 2.06. The molecule has 0 heterocycles. The minimum absolute atomic E-state index is 0.123. The second-order valence-electron chi connectivity index (χ2n) is 2.09. The zero-order valence-electron chi connectivity index (χ0n) is 4.03. The first-order valence-corrected chi connectivity index (χ1v) is 3.44. The minimum atomic E-state index is -0.123. The van der Waals surface area contributed by atoms with E-state index in [9.17, 15) is 4.39 Å². The molecule has 0 spiro atoms. The van der Waals surface area contributed by atoms with Crippen molar-refractivity contribution in [1.29, 1.82) is 0 Å². The van der Waals surface area contributed by atoms with E-state index in [1.165, 1.54) is 0 Å². The van der Waals surface area contributed by atoms with E-state index in [2.05, 4.69) is 15.9 Å². The van der Waals surface area contributed by atoms with E-state index in [4.69, 9.17) is 0 Å². The third-order valence-electron chi connectivity index (χ3n) is 1.40. The smallest absolute Gasteiger partial charge is 0.0923 e. The first-order valence-electron chi connectivity index (χ1n) is 2.53. The fraction of sp³-hybridized carbons (Fsp3) is 1.00. The SMILES string of the molecule is FCC1CC(Br)C1. The van der Waals surface area contributed by atoms with Gasteiger partial charge in [-0.05, 0) is 18.8 Å². The molecule has 1 aliphatic carbocycles. The van der Waals surface area contributed by atoms with Crippen LogP contribution in [0, 0.1) is 5.92 Å². The maximum absolute atomic E-state index is 11.6. The Labute approximate surface area is 51.2 Å². The molecule has 2 heteroatoms. The Bertz CT molecular complexity index is 59.1. The van der Waals surface area contributed by atoms with Crippen molar-refractivity contribution in [2.45, 2.75) is 17.7 Å². The van der Waals surface area contributed by atoms with Crippen molar-refractivity contribution in [3.05, 3.63) is 0 Å². The lowest BCUT2D eigenvalue weighted by Gasteiger charge is -2.28. The summed E-state index contributed by atoms with van der Waals surface area (Å²) in [6.45, 7) is -0.123. The molecule has 0 bridgehead atoms. The van der Waals surface area contributed by atoms with Crippen molar-refractivity contribution in [2.24, 2.45) is 5.92 Å². The summed E-state index contributed by atoms with van der Waals surface area (Å²) in [5, 5.41) is 0. The van der Waals surface area contributed by atoms with Crippen LogP contribution in [-0.4, -0.2) is 11.5 Å². The molecular formula is C5H8BrF. The molecule has 0 saturated heterocycles. The van der Waals surface area contributed by atoms with Crippen LogP contribution in [0.3, 0.4) is 0 Å². The van der Waals surface area contributed by atoms with Gasteiger partial charge in [0, 0.05) is 4.83 Å². The van der Waals surface area contributed by atoms with E-state index in [1.807, 2.05) is 0 Å². The number of alkyl halides is 2. The van der Waals surface area contributed by atoms with Gasteiger partial charge in [0.2, 0.25) is 0 Å². The van der Waals surface area contributed by atoms with Crippen molar-refractivity contribution >= 4 is 15.9 Å². The molecule has 0 aromatic rings. The maximum atomic E-state index is 11.6. The molecule has 0 amide bonds. The molecule has 0 aromatic carbocycles. The van der Waals surface area contributed by atoms with Crippen molar-refractivity contribution in [2.75, 3.05) is 6.67 Å². The lowest BCUT2D eigenvalue weighted by molar-refractivity contribution is 0.255. The van der Waals surface area contributed by atoms with Gasteiger partial charge in [-0.1, -0.05) is 15.9 Å². The van der Waals surface area contributed by atoms with Crippen LogP contribution < -0.4 is 0 Å². The number of rotatable bonds is 1. The van der Waals surface area contributed by atoms with Gasteiger partial charge in [-0.25, -0.2) is 0 Å². The highest BCUT2D eigenvalue weighted by molar-refractivity contribution is 9.09. The zero-order valence-corrected chi connectivity index (χ0v) is 5.62. The normalized spacial score (nSPS) is 40.3. The van der Waals surface area contributed by atoms with E-state index in [1.54, 1.807) is 0 Å². The Kier molecular flexibility index (Phi) is 1.68. The summed E-state index contributed by atoms with van der Waals surface area (Å²) in [5.41, 5.74) is 0. The van der Waals surface area contributed by atoms with Crippen LogP contribution in [0.15, 0.2) is 0 Å². The highest BCUT2D eigenvalue weighted by atomic mass is 79.9. The fourth-order valence-corrected chi connectivity index (χ4v) is 1.84. The Morgan fingerprint density at radius 1 is 1.57 bits per heavy atom. The average Bonchev–Trinajstić information content (AvgIpc) is 1.58. The quantitative estimate of drug-likeness (QED) is 0.524. The van der Waals surface area contributed by atoms with Gasteiger partial charge in [0.25, 0.3) is 0 Å². The van der Waals surface area contributed by atoms with Crippen LogP contribution in [0.2, 0.25) is 0 Å². The molecule has 0 atom stereocenters. The minimum Gasteiger partial charge on any atom is -0.251 e. The summed E-state index contributed by atoms with van der Waals surface area (Å²) in [7, 11) is 0. The van der Waals surface area contributed by atoms with E-state index in [-0.39, 0.29) is 6.67 Å². The molecule has 0 N–H and O–H groups in total. The van der Waals surface area contributed by atoms with Gasteiger partial charge >= 0.3 is 0 Å². The van der Waals surface area contributed by atoms with Crippen LogP contribution >= 0.6 is 15.9 Å². The van der Waals surface area contributed by atoms with Gasteiger partial charge in [0.15, 0.2) is 0 Å². The molecule has 0 nitrogen and oxygen atoms in total. The van der Waals surface area contributed by atoms with E-state index in [0.29, 0.717) is 10.7 Å². The molecule has 1 fully saturated rings. The van der Waals surface area contributed by atoms with Crippen molar-refractivity contribution < 1.29 is 4.39 Å². The molecule has 0 radical (unpaired) electrons. The Hall–Kier alpha value is 0.410. The standard InChI is InChI=1S/C5H8BrF/c6-5-1-4(2-5)3-7/h4-5H,1-3H2. The highest BCUT2D eigenvalue weighted by Crippen LogP contribution is 2.33. The summed E-state index contributed by atoms with van der Waals surface area (Å²) in [5.74, 6) is 0.379. The Morgan fingerprint density at radius 3 is 2.29 bits per heavy atom. The van der Waals surface area contributed by atoms with Crippen molar-refractivity contribution in [3.8, 4) is 0 Å². The van der Waals surface area contributed by atoms with E-state index in [0.717, 1.165) is 12.8 Å². The third kappa shape index (κ3) is 1.15. The number of hydrogen-bond donors (Lipinski definition) is 0. The van der Waals surface area contributed by atoms with Crippen molar-refractivity contribution in [3.63, 3.8) is 0 Å². The monoisotopic (exact) mass is 166 g/mol. The summed E-state index contributed by atoms with van der Waals surface area (Å²) < 4.78 is 11.6. The molecule has 42 valence electrons. The molecule has 7 heavy (non-hydrogen) atoms. The predicted octanol–water partition coefficient (Wildman–Crippen LogP) is 2.13. The van der Waals surface area contributed by atoms with Crippen LogP contribution in [0.1, 0.15) is 12.8 Å². The fourth-order valence-electron chi connectivity index (χ4n) is 0.780. The summed E-state index contributed by atoms with van der Waals surface area (Å²) in [4.78, 5) is 0.619. The summed E-state index contributed by atoms with van der Waals surface area (Å²) in [6.07, 6.45) is 2.08. The van der Waals surface area contributed by atoms with E-state index >= 15 is 0 Å². The first-order chi connectivity index (χ1) is 3.33. The second kappa shape index (κ2) is 2.12.